The summed E-state index contributed by atoms with van der Waals surface area (Å²) in [5.74, 6) is -0.366. The third-order valence-corrected chi connectivity index (χ3v) is 6.21. The highest BCUT2D eigenvalue weighted by Crippen LogP contribution is 2.47. The van der Waals surface area contributed by atoms with Crippen molar-refractivity contribution in [2.24, 2.45) is 5.92 Å². The van der Waals surface area contributed by atoms with Gasteiger partial charge < -0.3 is 19.4 Å². The minimum absolute atomic E-state index is 0.0782. The third kappa shape index (κ3) is 3.85. The fraction of sp³-hybridized carbons (Fsp3) is 0.583. The Kier molecular flexibility index (Phi) is 6.27. The van der Waals surface area contributed by atoms with Crippen molar-refractivity contribution in [2.45, 2.75) is 84.8 Å². The molecule has 0 aliphatic carbocycles. The van der Waals surface area contributed by atoms with Crippen LogP contribution in [0.5, 0.6) is 11.5 Å². The van der Waals surface area contributed by atoms with Crippen molar-refractivity contribution in [1.82, 2.24) is 0 Å². The molecule has 0 spiro atoms. The first-order chi connectivity index (χ1) is 14.1. The topological polar surface area (TPSA) is 97.0 Å². The van der Waals surface area contributed by atoms with Crippen LogP contribution in [0.2, 0.25) is 0 Å². The molecule has 6 heteroatoms. The Bertz CT molecular complexity index is 1020. The maximum Gasteiger partial charge on any atom is 0.336 e. The molecule has 1 aliphatic rings. The Balaban J connectivity index is 2.38. The number of hydrogen-bond acceptors (Lipinski definition) is 6. The van der Waals surface area contributed by atoms with Crippen molar-refractivity contribution >= 4 is 16.8 Å². The summed E-state index contributed by atoms with van der Waals surface area (Å²) in [6, 6.07) is 1.39. The number of Topliss-reactive ketones (excluding diaryl/α,β-unsaturated/α-hetero) is 1. The van der Waals surface area contributed by atoms with E-state index in [2.05, 4.69) is 6.92 Å². The van der Waals surface area contributed by atoms with E-state index in [0.717, 1.165) is 19.3 Å². The number of phenolic OH excluding ortho intramolecular Hbond substituents is 1. The monoisotopic (exact) mass is 416 g/mol. The predicted octanol–water partition coefficient (Wildman–Crippen LogP) is 4.53. The molecule has 0 amide bonds. The van der Waals surface area contributed by atoms with Gasteiger partial charge in [0, 0.05) is 24.0 Å². The SMILES string of the molecule is CCCCCc1cc(=O)oc2c(C(=O)C(C)CC)c3c(c(O)c12)CC(O)C(C)(C)O3. The number of aliphatic hydroxyl groups is 1. The van der Waals surface area contributed by atoms with Crippen LogP contribution < -0.4 is 10.4 Å². The normalized spacial score (nSPS) is 18.7. The molecule has 1 aromatic carbocycles. The van der Waals surface area contributed by atoms with Gasteiger partial charge >= 0.3 is 5.63 Å². The van der Waals surface area contributed by atoms with Gasteiger partial charge in [-0.1, -0.05) is 33.6 Å². The number of aliphatic hydroxyl groups excluding tert-OH is 1. The smallest absolute Gasteiger partial charge is 0.336 e. The van der Waals surface area contributed by atoms with Crippen molar-refractivity contribution in [3.63, 3.8) is 0 Å². The highest BCUT2D eigenvalue weighted by molar-refractivity contribution is 6.12. The van der Waals surface area contributed by atoms with Crippen LogP contribution in [0.25, 0.3) is 11.0 Å². The van der Waals surface area contributed by atoms with E-state index >= 15 is 0 Å². The number of ketones is 1. The molecule has 1 aliphatic heterocycles. The van der Waals surface area contributed by atoms with Gasteiger partial charge in [0.15, 0.2) is 11.4 Å². The summed E-state index contributed by atoms with van der Waals surface area (Å²) in [6.45, 7) is 9.29. The van der Waals surface area contributed by atoms with Gasteiger partial charge in [-0.2, -0.15) is 0 Å². The predicted molar refractivity (Wildman–Crippen MR) is 116 cm³/mol. The number of ether oxygens (including phenoxy) is 1. The van der Waals surface area contributed by atoms with Crippen molar-refractivity contribution in [3.8, 4) is 11.5 Å². The first kappa shape index (κ1) is 22.3. The molecule has 2 heterocycles. The fourth-order valence-corrected chi connectivity index (χ4v) is 3.98. The van der Waals surface area contributed by atoms with E-state index < -0.39 is 17.3 Å². The second kappa shape index (κ2) is 8.42. The molecule has 0 saturated heterocycles. The Labute approximate surface area is 176 Å². The largest absolute Gasteiger partial charge is 0.507 e. The lowest BCUT2D eigenvalue weighted by Crippen LogP contribution is -2.46. The standard InChI is InChI=1S/C24H32O6/c1-6-8-9-10-14-11-17(26)29-23-18(14)21(28)15-12-16(25)24(4,5)30-22(15)19(23)20(27)13(3)7-2/h11,13,16,25,28H,6-10,12H2,1-5H3. The summed E-state index contributed by atoms with van der Waals surface area (Å²) in [7, 11) is 0. The first-order valence-corrected chi connectivity index (χ1v) is 10.9. The van der Waals surface area contributed by atoms with Gasteiger partial charge in [-0.05, 0) is 38.7 Å². The van der Waals surface area contributed by atoms with Crippen LogP contribution in [0.4, 0.5) is 0 Å². The lowest BCUT2D eigenvalue weighted by Gasteiger charge is -2.38. The zero-order valence-electron chi connectivity index (χ0n) is 18.5. The van der Waals surface area contributed by atoms with Gasteiger partial charge in [-0.3, -0.25) is 4.79 Å². The molecule has 2 aromatic rings. The van der Waals surface area contributed by atoms with E-state index in [1.165, 1.54) is 6.07 Å². The lowest BCUT2D eigenvalue weighted by molar-refractivity contribution is -0.0420. The van der Waals surface area contributed by atoms with Gasteiger partial charge in [-0.15, -0.1) is 0 Å². The van der Waals surface area contributed by atoms with E-state index in [9.17, 15) is 19.8 Å². The van der Waals surface area contributed by atoms with Crippen molar-refractivity contribution in [3.05, 3.63) is 33.2 Å². The van der Waals surface area contributed by atoms with E-state index in [1.807, 2.05) is 13.8 Å². The second-order valence-electron chi connectivity index (χ2n) is 8.88. The molecule has 3 rings (SSSR count). The summed E-state index contributed by atoms with van der Waals surface area (Å²) in [6.07, 6.45) is 3.37. The molecule has 164 valence electrons. The van der Waals surface area contributed by atoms with Crippen LogP contribution in [0, 0.1) is 5.92 Å². The average Bonchev–Trinajstić information content (AvgIpc) is 2.68. The number of rotatable bonds is 7. The molecule has 2 N–H and O–H groups in total. The highest BCUT2D eigenvalue weighted by Gasteiger charge is 2.41. The number of carbonyl (C=O) groups is 1. The van der Waals surface area contributed by atoms with Gasteiger partial charge in [0.25, 0.3) is 0 Å². The highest BCUT2D eigenvalue weighted by atomic mass is 16.5. The second-order valence-corrected chi connectivity index (χ2v) is 8.88. The Morgan fingerprint density at radius 1 is 1.30 bits per heavy atom. The van der Waals surface area contributed by atoms with Gasteiger partial charge in [-0.25, -0.2) is 4.79 Å². The van der Waals surface area contributed by atoms with Crippen LogP contribution in [0.3, 0.4) is 0 Å². The first-order valence-electron chi connectivity index (χ1n) is 10.9. The zero-order chi connectivity index (χ0) is 22.2. The molecule has 0 radical (unpaired) electrons. The number of aromatic hydroxyl groups is 1. The van der Waals surface area contributed by atoms with Gasteiger partial charge in [0.05, 0.1) is 11.5 Å². The summed E-state index contributed by atoms with van der Waals surface area (Å²) >= 11 is 0. The molecular formula is C24H32O6. The summed E-state index contributed by atoms with van der Waals surface area (Å²) < 4.78 is 11.6. The van der Waals surface area contributed by atoms with Crippen molar-refractivity contribution in [2.75, 3.05) is 0 Å². The fourth-order valence-electron chi connectivity index (χ4n) is 3.98. The molecule has 0 fully saturated rings. The number of hydrogen-bond donors (Lipinski definition) is 2. The van der Waals surface area contributed by atoms with E-state index in [1.54, 1.807) is 13.8 Å². The Morgan fingerprint density at radius 3 is 2.63 bits per heavy atom. The number of aryl methyl sites for hydroxylation is 1. The quantitative estimate of drug-likeness (QED) is 0.391. The molecule has 1 aromatic heterocycles. The van der Waals surface area contributed by atoms with Crippen LogP contribution >= 0.6 is 0 Å². The number of phenols is 1. The van der Waals surface area contributed by atoms with Gasteiger partial charge in [0.1, 0.15) is 22.7 Å². The number of benzene rings is 1. The number of carbonyl (C=O) groups excluding carboxylic acids is 1. The zero-order valence-corrected chi connectivity index (χ0v) is 18.5. The van der Waals surface area contributed by atoms with Crippen LogP contribution in [-0.2, 0) is 12.8 Å². The third-order valence-electron chi connectivity index (χ3n) is 6.21. The molecular weight excluding hydrogens is 384 g/mol. The number of unbranched alkanes of at least 4 members (excludes halogenated alkanes) is 2. The number of fused-ring (bicyclic) bond motifs is 2. The summed E-state index contributed by atoms with van der Waals surface area (Å²) in [5, 5.41) is 22.1. The minimum atomic E-state index is -0.948. The van der Waals surface area contributed by atoms with Gasteiger partial charge in [0.2, 0.25) is 0 Å². The summed E-state index contributed by atoms with van der Waals surface area (Å²) in [4.78, 5) is 25.7. The van der Waals surface area contributed by atoms with Crippen molar-refractivity contribution in [1.29, 1.82) is 0 Å². The maximum atomic E-state index is 13.4. The molecule has 0 saturated carbocycles. The molecule has 2 atom stereocenters. The molecule has 0 bridgehead atoms. The average molecular weight is 417 g/mol. The van der Waals surface area contributed by atoms with Crippen molar-refractivity contribution < 1.29 is 24.2 Å². The maximum absolute atomic E-state index is 13.4. The Morgan fingerprint density at radius 2 is 2.00 bits per heavy atom. The molecule has 6 nitrogen and oxygen atoms in total. The van der Waals surface area contributed by atoms with E-state index in [-0.39, 0.29) is 40.8 Å². The van der Waals surface area contributed by atoms with E-state index in [0.29, 0.717) is 29.4 Å². The molecule has 2 unspecified atom stereocenters. The summed E-state index contributed by atoms with van der Waals surface area (Å²) in [5.41, 5.74) is -0.165. The Hall–Kier alpha value is -2.34. The van der Waals surface area contributed by atoms with Crippen LogP contribution in [-0.4, -0.2) is 27.7 Å². The lowest BCUT2D eigenvalue weighted by atomic mass is 9.84. The minimum Gasteiger partial charge on any atom is -0.507 e. The molecule has 30 heavy (non-hydrogen) atoms. The van der Waals surface area contributed by atoms with Crippen LogP contribution in [0.1, 0.15) is 81.8 Å². The van der Waals surface area contributed by atoms with Crippen LogP contribution in [0.15, 0.2) is 15.3 Å². The van der Waals surface area contributed by atoms with E-state index in [4.69, 9.17) is 9.15 Å².